The molecule has 2 amide bonds. The Morgan fingerprint density at radius 3 is 2.68 bits per heavy atom. The number of unbranched alkanes of at least 4 members (excludes halogenated alkanes) is 1. The Balaban J connectivity index is 2.54. The Morgan fingerprint density at radius 2 is 2.16 bits per heavy atom. The van der Waals surface area contributed by atoms with Crippen LogP contribution in [-0.2, 0) is 4.79 Å². The molecule has 0 aliphatic carbocycles. The van der Waals surface area contributed by atoms with Crippen molar-refractivity contribution in [2.45, 2.75) is 57.6 Å². The largest absolute Gasteiger partial charge is 0.480 e. The van der Waals surface area contributed by atoms with Gasteiger partial charge in [0.15, 0.2) is 0 Å². The van der Waals surface area contributed by atoms with Gasteiger partial charge in [0.2, 0.25) is 0 Å². The Labute approximate surface area is 113 Å². The fourth-order valence-corrected chi connectivity index (χ4v) is 2.30. The molecule has 2 unspecified atom stereocenters. The van der Waals surface area contributed by atoms with Crippen molar-refractivity contribution < 1.29 is 19.8 Å². The molecule has 0 saturated carbocycles. The zero-order valence-corrected chi connectivity index (χ0v) is 11.7. The summed E-state index contributed by atoms with van der Waals surface area (Å²) in [6.07, 6.45) is 3.47. The smallest absolute Gasteiger partial charge is 0.326 e. The fraction of sp³-hybridized carbons (Fsp3) is 0.846. The number of hydrogen-bond donors (Lipinski definition) is 3. The number of nitrogens with zero attached hydrogens (tertiary/aromatic N) is 1. The number of hydrogen-bond acceptors (Lipinski definition) is 3. The lowest BCUT2D eigenvalue weighted by Gasteiger charge is -2.37. The van der Waals surface area contributed by atoms with Gasteiger partial charge in [0.05, 0.1) is 12.1 Å². The van der Waals surface area contributed by atoms with Gasteiger partial charge < -0.3 is 20.4 Å². The number of piperidine rings is 1. The number of carboxylic acids is 1. The number of β-amino-alcohol motifs (C(OH)–C–C–N with tert-alkyl or cyclic N) is 1. The van der Waals surface area contributed by atoms with E-state index in [4.69, 9.17) is 5.11 Å². The summed E-state index contributed by atoms with van der Waals surface area (Å²) in [5.41, 5.74) is -0.877. The van der Waals surface area contributed by atoms with Crippen LogP contribution in [0.5, 0.6) is 0 Å². The minimum Gasteiger partial charge on any atom is -0.480 e. The Morgan fingerprint density at radius 1 is 1.47 bits per heavy atom. The molecule has 0 spiro atoms. The third-order valence-electron chi connectivity index (χ3n) is 3.40. The van der Waals surface area contributed by atoms with Crippen LogP contribution in [0, 0.1) is 0 Å². The highest BCUT2D eigenvalue weighted by atomic mass is 16.4. The number of carbonyl (C=O) groups is 2. The van der Waals surface area contributed by atoms with Crippen LogP contribution in [0.2, 0.25) is 0 Å². The molecule has 1 fully saturated rings. The number of carbonyl (C=O) groups excluding carboxylic acids is 1. The average molecular weight is 272 g/mol. The third kappa shape index (κ3) is 5.06. The second-order valence-corrected chi connectivity index (χ2v) is 5.50. The summed E-state index contributed by atoms with van der Waals surface area (Å²) in [7, 11) is 0. The van der Waals surface area contributed by atoms with Crippen molar-refractivity contribution in [1.29, 1.82) is 0 Å². The molecule has 1 aliphatic heterocycles. The number of nitrogens with one attached hydrogen (secondary N) is 1. The van der Waals surface area contributed by atoms with Crippen LogP contribution in [-0.4, -0.2) is 51.8 Å². The third-order valence-corrected chi connectivity index (χ3v) is 3.40. The van der Waals surface area contributed by atoms with Gasteiger partial charge in [-0.1, -0.05) is 19.8 Å². The summed E-state index contributed by atoms with van der Waals surface area (Å²) in [4.78, 5) is 24.6. The van der Waals surface area contributed by atoms with Crippen LogP contribution in [0.15, 0.2) is 0 Å². The molecule has 0 bridgehead atoms. The molecule has 3 N–H and O–H groups in total. The number of carboxylic acid groups (broad SMARTS) is 1. The van der Waals surface area contributed by atoms with E-state index in [1.807, 2.05) is 6.92 Å². The Hall–Kier alpha value is -1.30. The van der Waals surface area contributed by atoms with Crippen molar-refractivity contribution in [3.63, 3.8) is 0 Å². The molecule has 1 heterocycles. The van der Waals surface area contributed by atoms with E-state index >= 15 is 0 Å². The predicted molar refractivity (Wildman–Crippen MR) is 70.9 cm³/mol. The highest BCUT2D eigenvalue weighted by Crippen LogP contribution is 2.20. The van der Waals surface area contributed by atoms with Gasteiger partial charge in [0, 0.05) is 6.54 Å². The molecular weight excluding hydrogens is 248 g/mol. The van der Waals surface area contributed by atoms with Gasteiger partial charge in [-0.2, -0.15) is 0 Å². The van der Waals surface area contributed by atoms with E-state index in [2.05, 4.69) is 5.32 Å². The van der Waals surface area contributed by atoms with E-state index in [1.165, 1.54) is 4.90 Å². The number of amides is 2. The maximum atomic E-state index is 12.0. The fourth-order valence-electron chi connectivity index (χ4n) is 2.30. The van der Waals surface area contributed by atoms with Crippen molar-refractivity contribution in [3.8, 4) is 0 Å². The first-order chi connectivity index (χ1) is 8.85. The van der Waals surface area contributed by atoms with Gasteiger partial charge in [-0.15, -0.1) is 0 Å². The Bertz CT molecular complexity index is 331. The molecule has 0 aromatic heterocycles. The lowest BCUT2D eigenvalue weighted by Crippen LogP contribution is -2.54. The van der Waals surface area contributed by atoms with Gasteiger partial charge in [0.25, 0.3) is 0 Å². The van der Waals surface area contributed by atoms with Crippen molar-refractivity contribution in [2.75, 3.05) is 13.1 Å². The van der Waals surface area contributed by atoms with E-state index in [1.54, 1.807) is 6.92 Å². The van der Waals surface area contributed by atoms with Crippen LogP contribution in [0.25, 0.3) is 0 Å². The molecular formula is C13H24N2O4. The maximum absolute atomic E-state index is 12.0. The second-order valence-electron chi connectivity index (χ2n) is 5.50. The Kier molecular flexibility index (Phi) is 5.60. The van der Waals surface area contributed by atoms with E-state index in [0.29, 0.717) is 19.4 Å². The number of aliphatic carboxylic acids is 1. The summed E-state index contributed by atoms with van der Waals surface area (Å²) in [6.45, 7) is 4.47. The first-order valence-corrected chi connectivity index (χ1v) is 6.86. The highest BCUT2D eigenvalue weighted by molar-refractivity contribution is 5.82. The van der Waals surface area contributed by atoms with Crippen molar-refractivity contribution in [1.82, 2.24) is 10.2 Å². The molecule has 1 saturated heterocycles. The first kappa shape index (κ1) is 15.8. The van der Waals surface area contributed by atoms with Crippen LogP contribution in [0.3, 0.4) is 0 Å². The minimum absolute atomic E-state index is 0.249. The van der Waals surface area contributed by atoms with E-state index < -0.39 is 23.6 Å². The van der Waals surface area contributed by atoms with Crippen LogP contribution in [0.1, 0.15) is 46.0 Å². The van der Waals surface area contributed by atoms with E-state index in [-0.39, 0.29) is 6.54 Å². The summed E-state index contributed by atoms with van der Waals surface area (Å²) < 4.78 is 0. The molecule has 1 aliphatic rings. The van der Waals surface area contributed by atoms with Crippen LogP contribution >= 0.6 is 0 Å². The number of likely N-dealkylation sites (tertiary alicyclic amines) is 1. The zero-order chi connectivity index (χ0) is 14.5. The number of urea groups is 1. The van der Waals surface area contributed by atoms with E-state index in [9.17, 15) is 14.7 Å². The summed E-state index contributed by atoms with van der Waals surface area (Å²) in [5, 5.41) is 21.5. The standard InChI is InChI=1S/C13H24N2O4/c1-3-4-6-10(11(16)17)14-12(18)15-8-5-7-13(2,19)9-15/h10,19H,3-9H2,1-2H3,(H,14,18)(H,16,17). The van der Waals surface area contributed by atoms with Crippen molar-refractivity contribution in [2.24, 2.45) is 0 Å². The quantitative estimate of drug-likeness (QED) is 0.701. The van der Waals surface area contributed by atoms with Gasteiger partial charge in [-0.3, -0.25) is 0 Å². The van der Waals surface area contributed by atoms with Gasteiger partial charge in [0.1, 0.15) is 6.04 Å². The lowest BCUT2D eigenvalue weighted by molar-refractivity contribution is -0.139. The molecule has 6 heteroatoms. The highest BCUT2D eigenvalue weighted by Gasteiger charge is 2.32. The zero-order valence-electron chi connectivity index (χ0n) is 11.7. The molecule has 0 radical (unpaired) electrons. The second kappa shape index (κ2) is 6.75. The summed E-state index contributed by atoms with van der Waals surface area (Å²) in [6, 6.07) is -1.25. The topological polar surface area (TPSA) is 89.9 Å². The number of rotatable bonds is 5. The van der Waals surface area contributed by atoms with Gasteiger partial charge >= 0.3 is 12.0 Å². The SMILES string of the molecule is CCCCC(NC(=O)N1CCCC(C)(O)C1)C(=O)O. The minimum atomic E-state index is -1.01. The molecule has 2 atom stereocenters. The molecule has 0 aromatic rings. The molecule has 1 rings (SSSR count). The van der Waals surface area contributed by atoms with Crippen molar-refractivity contribution >= 4 is 12.0 Å². The molecule has 19 heavy (non-hydrogen) atoms. The van der Waals surface area contributed by atoms with Crippen molar-refractivity contribution in [3.05, 3.63) is 0 Å². The van der Waals surface area contributed by atoms with Crippen LogP contribution < -0.4 is 5.32 Å². The first-order valence-electron chi connectivity index (χ1n) is 6.86. The van der Waals surface area contributed by atoms with Gasteiger partial charge in [-0.05, 0) is 26.2 Å². The monoisotopic (exact) mass is 272 g/mol. The molecule has 6 nitrogen and oxygen atoms in total. The van der Waals surface area contributed by atoms with Gasteiger partial charge in [-0.25, -0.2) is 9.59 Å². The summed E-state index contributed by atoms with van der Waals surface area (Å²) >= 11 is 0. The normalized spacial score (nSPS) is 24.9. The molecule has 110 valence electrons. The number of aliphatic hydroxyl groups is 1. The lowest BCUT2D eigenvalue weighted by atomic mass is 9.95. The predicted octanol–water partition coefficient (Wildman–Crippen LogP) is 1.19. The summed E-state index contributed by atoms with van der Waals surface area (Å²) in [5.74, 6) is -1.01. The average Bonchev–Trinajstić information content (AvgIpc) is 2.32. The maximum Gasteiger partial charge on any atom is 0.326 e. The van der Waals surface area contributed by atoms with Crippen LogP contribution in [0.4, 0.5) is 4.79 Å². The molecule has 0 aromatic carbocycles. The van der Waals surface area contributed by atoms with E-state index in [0.717, 1.165) is 19.3 Å².